The maximum atomic E-state index is 7.09. The molecule has 0 saturated carbocycles. The summed E-state index contributed by atoms with van der Waals surface area (Å²) < 4.78 is 7.09. The third-order valence-electron chi connectivity index (χ3n) is 6.77. The Morgan fingerprint density at radius 1 is 0.688 bits per heavy atom. The van der Waals surface area contributed by atoms with E-state index in [0.29, 0.717) is 0 Å². The van der Waals surface area contributed by atoms with Crippen molar-refractivity contribution in [2.75, 3.05) is 5.73 Å². The first-order valence-corrected chi connectivity index (χ1v) is 14.2. The number of hydrogen-bond donors (Lipinski definition) is 1. The molecule has 0 radical (unpaired) electrons. The van der Waals surface area contributed by atoms with Crippen LogP contribution in [0.1, 0.15) is 26.3 Å². The van der Waals surface area contributed by atoms with Crippen molar-refractivity contribution < 1.29 is 4.43 Å². The first kappa shape index (κ1) is 22.2. The lowest BCUT2D eigenvalue weighted by atomic mass is 9.88. The van der Waals surface area contributed by atoms with Crippen LogP contribution in [0.3, 0.4) is 0 Å². The van der Waals surface area contributed by atoms with E-state index in [4.69, 9.17) is 10.2 Å². The number of nitrogens with two attached hydrogens (primary N) is 1. The molecule has 0 heterocycles. The van der Waals surface area contributed by atoms with E-state index in [9.17, 15) is 0 Å². The zero-order chi connectivity index (χ0) is 23.1. The summed E-state index contributed by atoms with van der Waals surface area (Å²) in [6, 6.07) is 27.5. The molecule has 0 aliphatic carbocycles. The molecule has 0 saturated heterocycles. The number of aryl methyl sites for hydroxylation is 1. The number of rotatable bonds is 4. The first-order chi connectivity index (χ1) is 15.1. The van der Waals surface area contributed by atoms with Crippen molar-refractivity contribution >= 4 is 24.8 Å². The second-order valence-corrected chi connectivity index (χ2v) is 14.9. The Bertz CT molecular complexity index is 1250. The van der Waals surface area contributed by atoms with Crippen LogP contribution >= 0.6 is 0 Å². The summed E-state index contributed by atoms with van der Waals surface area (Å²) in [4.78, 5) is 0. The van der Waals surface area contributed by atoms with Crippen LogP contribution in [0.2, 0.25) is 18.1 Å². The molecule has 4 aromatic carbocycles. The lowest BCUT2D eigenvalue weighted by Gasteiger charge is -2.38. The fourth-order valence-corrected chi connectivity index (χ4v) is 4.88. The summed E-state index contributed by atoms with van der Waals surface area (Å²) in [7, 11) is -2.12. The Morgan fingerprint density at radius 2 is 1.22 bits per heavy atom. The zero-order valence-corrected chi connectivity index (χ0v) is 21.0. The van der Waals surface area contributed by atoms with Crippen LogP contribution in [0.4, 0.5) is 5.69 Å². The van der Waals surface area contributed by atoms with Gasteiger partial charge in [0.05, 0.1) is 0 Å². The minimum Gasteiger partial charge on any atom is -0.543 e. The molecule has 2 N–H and O–H groups in total. The van der Waals surface area contributed by atoms with E-state index in [1.165, 1.54) is 5.56 Å². The normalized spacial score (nSPS) is 12.2. The molecule has 0 spiro atoms. The number of benzene rings is 4. The smallest absolute Gasteiger partial charge is 0.250 e. The van der Waals surface area contributed by atoms with Crippen molar-refractivity contribution in [3.63, 3.8) is 0 Å². The van der Waals surface area contributed by atoms with Gasteiger partial charge in [0.1, 0.15) is 5.75 Å². The van der Waals surface area contributed by atoms with Crippen LogP contribution in [0.25, 0.3) is 33.0 Å². The van der Waals surface area contributed by atoms with Crippen molar-refractivity contribution in [3.8, 4) is 28.0 Å². The van der Waals surface area contributed by atoms with Gasteiger partial charge in [0, 0.05) is 27.6 Å². The average Bonchev–Trinajstić information content (AvgIpc) is 2.76. The van der Waals surface area contributed by atoms with Crippen LogP contribution < -0.4 is 10.2 Å². The van der Waals surface area contributed by atoms with E-state index >= 15 is 0 Å². The molecule has 0 aliphatic heterocycles. The first-order valence-electron chi connectivity index (χ1n) is 11.3. The lowest BCUT2D eigenvalue weighted by Crippen LogP contribution is -2.44. The molecule has 0 unspecified atom stereocenters. The summed E-state index contributed by atoms with van der Waals surface area (Å²) in [6.45, 7) is 13.6. The van der Waals surface area contributed by atoms with Crippen LogP contribution in [0.15, 0.2) is 78.9 Å². The van der Waals surface area contributed by atoms with Crippen LogP contribution in [-0.2, 0) is 0 Å². The predicted octanol–water partition coefficient (Wildman–Crippen LogP) is 8.45. The Kier molecular flexibility index (Phi) is 5.64. The highest BCUT2D eigenvalue weighted by atomic mass is 28.4. The standard InChI is InChI=1S/C29H33NOSi/c1-20-16-18-22(19-17-20)25-26(21-12-8-7-9-13-21)28(31-32(5,6)29(2,3)4)24-15-11-10-14-23(24)27(25)30/h7-19H,30H2,1-6H3. The number of hydrogen-bond acceptors (Lipinski definition) is 2. The van der Waals surface area contributed by atoms with Gasteiger partial charge in [-0.3, -0.25) is 0 Å². The average molecular weight is 440 g/mol. The third kappa shape index (κ3) is 3.93. The van der Waals surface area contributed by atoms with E-state index in [1.807, 2.05) is 6.07 Å². The van der Waals surface area contributed by atoms with E-state index in [0.717, 1.165) is 44.5 Å². The molecule has 32 heavy (non-hydrogen) atoms. The monoisotopic (exact) mass is 439 g/mol. The Balaban J connectivity index is 2.15. The topological polar surface area (TPSA) is 35.2 Å². The summed E-state index contributed by atoms with van der Waals surface area (Å²) in [5, 5.41) is 2.19. The summed E-state index contributed by atoms with van der Waals surface area (Å²) in [5.41, 5.74) is 13.3. The molecule has 4 aromatic rings. The fourth-order valence-electron chi connectivity index (χ4n) is 3.85. The summed E-state index contributed by atoms with van der Waals surface area (Å²) in [5.74, 6) is 0.947. The molecule has 2 nitrogen and oxygen atoms in total. The minimum atomic E-state index is -2.12. The second-order valence-electron chi connectivity index (χ2n) is 10.1. The zero-order valence-electron chi connectivity index (χ0n) is 20.0. The lowest BCUT2D eigenvalue weighted by molar-refractivity contribution is 0.498. The van der Waals surface area contributed by atoms with Gasteiger partial charge >= 0.3 is 0 Å². The maximum Gasteiger partial charge on any atom is 0.250 e. The predicted molar refractivity (Wildman–Crippen MR) is 142 cm³/mol. The minimum absolute atomic E-state index is 0.0769. The highest BCUT2D eigenvalue weighted by Gasteiger charge is 2.40. The number of nitrogen functional groups attached to an aromatic ring is 1. The second kappa shape index (κ2) is 8.14. The highest BCUT2D eigenvalue weighted by molar-refractivity contribution is 6.75. The van der Waals surface area contributed by atoms with E-state index in [1.54, 1.807) is 0 Å². The molecule has 0 fully saturated rings. The van der Waals surface area contributed by atoms with Gasteiger partial charge in [-0.05, 0) is 36.2 Å². The molecule has 0 atom stereocenters. The number of fused-ring (bicyclic) bond motifs is 1. The molecule has 4 rings (SSSR count). The van der Waals surface area contributed by atoms with Crippen molar-refractivity contribution in [1.82, 2.24) is 0 Å². The molecule has 0 aromatic heterocycles. The third-order valence-corrected chi connectivity index (χ3v) is 11.1. The van der Waals surface area contributed by atoms with Crippen molar-refractivity contribution in [2.24, 2.45) is 0 Å². The maximum absolute atomic E-state index is 7.09. The van der Waals surface area contributed by atoms with Gasteiger partial charge in [-0.15, -0.1) is 0 Å². The number of anilines is 1. The Labute approximate surface area is 193 Å². The van der Waals surface area contributed by atoms with Crippen molar-refractivity contribution in [2.45, 2.75) is 45.8 Å². The van der Waals surface area contributed by atoms with Crippen LogP contribution in [-0.4, -0.2) is 8.32 Å². The van der Waals surface area contributed by atoms with E-state index < -0.39 is 8.32 Å². The van der Waals surface area contributed by atoms with Gasteiger partial charge in [0.15, 0.2) is 0 Å². The Morgan fingerprint density at radius 3 is 1.81 bits per heavy atom. The molecular weight excluding hydrogens is 406 g/mol. The van der Waals surface area contributed by atoms with Gasteiger partial charge < -0.3 is 10.2 Å². The fraction of sp³-hybridized carbons (Fsp3) is 0.241. The van der Waals surface area contributed by atoms with Crippen LogP contribution in [0.5, 0.6) is 5.75 Å². The Hall–Kier alpha value is -3.04. The molecule has 164 valence electrons. The summed E-state index contributed by atoms with van der Waals surface area (Å²) >= 11 is 0. The largest absolute Gasteiger partial charge is 0.543 e. The van der Waals surface area contributed by atoms with Crippen LogP contribution in [0, 0.1) is 6.92 Å². The van der Waals surface area contributed by atoms with Gasteiger partial charge in [0.25, 0.3) is 8.32 Å². The summed E-state index contributed by atoms with van der Waals surface area (Å²) in [6.07, 6.45) is 0. The van der Waals surface area contributed by atoms with Gasteiger partial charge in [-0.1, -0.05) is 105 Å². The van der Waals surface area contributed by atoms with Gasteiger partial charge in [-0.25, -0.2) is 0 Å². The molecule has 0 amide bonds. The SMILES string of the molecule is Cc1ccc(-c2c(-c3ccccc3)c(O[Si](C)(C)C(C)(C)C)c3ccccc3c2N)cc1. The van der Waals surface area contributed by atoms with Crippen molar-refractivity contribution in [3.05, 3.63) is 84.4 Å². The van der Waals surface area contributed by atoms with Crippen molar-refractivity contribution in [1.29, 1.82) is 0 Å². The quantitative estimate of drug-likeness (QED) is 0.256. The van der Waals surface area contributed by atoms with E-state index in [-0.39, 0.29) is 5.04 Å². The molecule has 0 aliphatic rings. The molecule has 3 heteroatoms. The van der Waals surface area contributed by atoms with Gasteiger partial charge in [-0.2, -0.15) is 0 Å². The van der Waals surface area contributed by atoms with E-state index in [2.05, 4.69) is 114 Å². The molecule has 0 bridgehead atoms. The van der Waals surface area contributed by atoms with Gasteiger partial charge in [0.2, 0.25) is 0 Å². The highest BCUT2D eigenvalue weighted by Crippen LogP contribution is 2.50. The molecular formula is C29H33NOSi.